The minimum Gasteiger partial charge on any atom is -0.466 e. The fourth-order valence-corrected chi connectivity index (χ4v) is 4.17. The highest BCUT2D eigenvalue weighted by Crippen LogP contribution is 2.51. The van der Waals surface area contributed by atoms with Crippen molar-refractivity contribution >= 4 is 17.7 Å². The number of esters is 1. The predicted octanol–water partition coefficient (Wildman–Crippen LogP) is 4.68. The molecule has 2 atom stereocenters. The summed E-state index contributed by atoms with van der Waals surface area (Å²) in [6.45, 7) is 7.95. The average molecular weight is 466 g/mol. The van der Waals surface area contributed by atoms with Crippen LogP contribution in [0.15, 0.2) is 36.7 Å². The Morgan fingerprint density at radius 2 is 2.09 bits per heavy atom. The first-order valence-electron chi connectivity index (χ1n) is 11.4. The van der Waals surface area contributed by atoms with Gasteiger partial charge in [-0.1, -0.05) is 6.07 Å². The number of carbonyl (C=O) groups is 2. The molecule has 9 heteroatoms. The van der Waals surface area contributed by atoms with E-state index in [0.29, 0.717) is 24.5 Å². The van der Waals surface area contributed by atoms with Gasteiger partial charge in [0.1, 0.15) is 23.7 Å². The van der Waals surface area contributed by atoms with E-state index in [0.717, 1.165) is 17.5 Å². The number of aromatic nitrogens is 4. The van der Waals surface area contributed by atoms with Gasteiger partial charge in [-0.05, 0) is 81.3 Å². The lowest BCUT2D eigenvalue weighted by atomic mass is 9.98. The Morgan fingerprint density at radius 3 is 2.82 bits per heavy atom. The Bertz CT molecular complexity index is 1220. The Labute approximate surface area is 197 Å². The maximum absolute atomic E-state index is 14.7. The molecule has 1 aromatic carbocycles. The highest BCUT2D eigenvalue weighted by Gasteiger charge is 2.41. The highest BCUT2D eigenvalue weighted by atomic mass is 19.1. The molecule has 1 aliphatic carbocycles. The number of nitrogens with one attached hydrogen (secondary N) is 1. The summed E-state index contributed by atoms with van der Waals surface area (Å²) in [5, 5.41) is 10.8. The van der Waals surface area contributed by atoms with Gasteiger partial charge in [-0.25, -0.2) is 9.37 Å². The van der Waals surface area contributed by atoms with Crippen molar-refractivity contribution in [1.29, 1.82) is 0 Å². The standard InChI is InChI=1S/C25H28FN5O3/c1-5-34-23(32)11-16-10-18(16)17-12-19(20(26)9-15(17)4)25(33)29-22-8-6-7-21(28-22)24-30-27-13-31(24)14(2)3/h6-9,12-14,16,18H,5,10-11H2,1-4H3,(H,28,29,33). The molecule has 2 aromatic heterocycles. The van der Waals surface area contributed by atoms with E-state index < -0.39 is 11.7 Å². The molecule has 1 N–H and O–H groups in total. The van der Waals surface area contributed by atoms with Crippen LogP contribution in [-0.2, 0) is 9.53 Å². The number of aryl methyl sites for hydroxylation is 1. The second-order valence-electron chi connectivity index (χ2n) is 8.82. The van der Waals surface area contributed by atoms with Gasteiger partial charge in [-0.3, -0.25) is 9.59 Å². The topological polar surface area (TPSA) is 99.0 Å². The maximum atomic E-state index is 14.7. The number of hydrogen-bond acceptors (Lipinski definition) is 6. The zero-order valence-corrected chi connectivity index (χ0v) is 19.7. The fourth-order valence-electron chi connectivity index (χ4n) is 4.17. The summed E-state index contributed by atoms with van der Waals surface area (Å²) in [5.74, 6) is -0.290. The first kappa shape index (κ1) is 23.5. The van der Waals surface area contributed by atoms with Crippen LogP contribution in [0.1, 0.15) is 67.1 Å². The van der Waals surface area contributed by atoms with E-state index >= 15 is 0 Å². The summed E-state index contributed by atoms with van der Waals surface area (Å²) < 4.78 is 21.7. The van der Waals surface area contributed by atoms with E-state index in [-0.39, 0.29) is 35.2 Å². The molecular weight excluding hydrogens is 437 g/mol. The fraction of sp³-hybridized carbons (Fsp3) is 0.400. The molecule has 178 valence electrons. The van der Waals surface area contributed by atoms with Crippen LogP contribution in [0, 0.1) is 18.7 Å². The van der Waals surface area contributed by atoms with Crippen LogP contribution >= 0.6 is 0 Å². The molecule has 0 aliphatic heterocycles. The molecule has 0 radical (unpaired) electrons. The van der Waals surface area contributed by atoms with Gasteiger partial charge in [0.15, 0.2) is 5.82 Å². The number of anilines is 1. The van der Waals surface area contributed by atoms with E-state index in [9.17, 15) is 14.0 Å². The Kier molecular flexibility index (Phi) is 6.72. The van der Waals surface area contributed by atoms with Gasteiger partial charge in [0.05, 0.1) is 12.2 Å². The Hall–Kier alpha value is -3.62. The van der Waals surface area contributed by atoms with E-state index in [2.05, 4.69) is 20.5 Å². The largest absolute Gasteiger partial charge is 0.466 e. The molecule has 8 nitrogen and oxygen atoms in total. The summed E-state index contributed by atoms with van der Waals surface area (Å²) >= 11 is 0. The lowest BCUT2D eigenvalue weighted by molar-refractivity contribution is -0.143. The summed E-state index contributed by atoms with van der Waals surface area (Å²) in [5.41, 5.74) is 2.14. The molecule has 1 aliphatic rings. The van der Waals surface area contributed by atoms with Crippen molar-refractivity contribution in [1.82, 2.24) is 19.7 Å². The van der Waals surface area contributed by atoms with Crippen molar-refractivity contribution < 1.29 is 18.7 Å². The summed E-state index contributed by atoms with van der Waals surface area (Å²) in [6.07, 6.45) is 2.77. The molecule has 3 aromatic rings. The molecule has 4 rings (SSSR count). The third kappa shape index (κ3) is 4.98. The van der Waals surface area contributed by atoms with Crippen molar-refractivity contribution in [3.63, 3.8) is 0 Å². The number of ether oxygens (including phenoxy) is 1. The lowest BCUT2D eigenvalue weighted by Gasteiger charge is -2.12. The number of benzene rings is 1. The van der Waals surface area contributed by atoms with Gasteiger partial charge in [-0.2, -0.15) is 0 Å². The molecule has 0 bridgehead atoms. The molecule has 1 saturated carbocycles. The number of nitrogens with zero attached hydrogens (tertiary/aromatic N) is 4. The number of rotatable bonds is 8. The normalized spacial score (nSPS) is 17.0. The molecule has 34 heavy (non-hydrogen) atoms. The second kappa shape index (κ2) is 9.70. The third-order valence-corrected chi connectivity index (χ3v) is 6.01. The molecule has 0 saturated heterocycles. The third-order valence-electron chi connectivity index (χ3n) is 6.01. The van der Waals surface area contributed by atoms with Crippen molar-refractivity contribution in [2.24, 2.45) is 5.92 Å². The summed E-state index contributed by atoms with van der Waals surface area (Å²) in [6, 6.07) is 8.27. The van der Waals surface area contributed by atoms with E-state index in [4.69, 9.17) is 4.74 Å². The van der Waals surface area contributed by atoms with Crippen LogP contribution in [0.3, 0.4) is 0 Å². The number of hydrogen-bond donors (Lipinski definition) is 1. The smallest absolute Gasteiger partial charge is 0.306 e. The van der Waals surface area contributed by atoms with Gasteiger partial charge in [0, 0.05) is 12.5 Å². The number of carbonyl (C=O) groups excluding carboxylic acids is 2. The summed E-state index contributed by atoms with van der Waals surface area (Å²) in [7, 11) is 0. The zero-order chi connectivity index (χ0) is 24.4. The molecular formula is C25H28FN5O3. The van der Waals surface area contributed by atoms with E-state index in [1.54, 1.807) is 37.5 Å². The maximum Gasteiger partial charge on any atom is 0.306 e. The lowest BCUT2D eigenvalue weighted by Crippen LogP contribution is -2.16. The predicted molar refractivity (Wildman–Crippen MR) is 125 cm³/mol. The Balaban J connectivity index is 1.52. The van der Waals surface area contributed by atoms with Crippen molar-refractivity contribution in [2.45, 2.75) is 52.5 Å². The highest BCUT2D eigenvalue weighted by molar-refractivity contribution is 6.04. The minimum absolute atomic E-state index is 0.0556. The van der Waals surface area contributed by atoms with Crippen LogP contribution in [0.5, 0.6) is 0 Å². The van der Waals surface area contributed by atoms with Crippen molar-refractivity contribution in [3.8, 4) is 11.5 Å². The molecule has 1 amide bonds. The van der Waals surface area contributed by atoms with Crippen LogP contribution < -0.4 is 5.32 Å². The van der Waals surface area contributed by atoms with Crippen LogP contribution in [0.2, 0.25) is 0 Å². The molecule has 2 heterocycles. The second-order valence-corrected chi connectivity index (χ2v) is 8.82. The van der Waals surface area contributed by atoms with Crippen LogP contribution in [0.25, 0.3) is 11.5 Å². The van der Waals surface area contributed by atoms with Gasteiger partial charge in [0.2, 0.25) is 0 Å². The van der Waals surface area contributed by atoms with Crippen molar-refractivity contribution in [3.05, 3.63) is 59.2 Å². The number of pyridine rings is 1. The average Bonchev–Trinajstić information content (AvgIpc) is 3.33. The molecule has 0 spiro atoms. The van der Waals surface area contributed by atoms with Gasteiger partial charge < -0.3 is 14.6 Å². The summed E-state index contributed by atoms with van der Waals surface area (Å²) in [4.78, 5) is 29.2. The Morgan fingerprint density at radius 1 is 1.29 bits per heavy atom. The van der Waals surface area contributed by atoms with Gasteiger partial charge in [-0.15, -0.1) is 10.2 Å². The number of amides is 1. The van der Waals surface area contributed by atoms with E-state index in [1.165, 1.54) is 6.07 Å². The quantitative estimate of drug-likeness (QED) is 0.485. The first-order chi connectivity index (χ1) is 16.3. The van der Waals surface area contributed by atoms with Crippen LogP contribution in [0.4, 0.5) is 10.2 Å². The van der Waals surface area contributed by atoms with Crippen LogP contribution in [-0.4, -0.2) is 38.2 Å². The monoisotopic (exact) mass is 465 g/mol. The minimum atomic E-state index is -0.600. The van der Waals surface area contributed by atoms with Crippen molar-refractivity contribution in [2.75, 3.05) is 11.9 Å². The first-order valence-corrected chi connectivity index (χ1v) is 11.4. The zero-order valence-electron chi connectivity index (χ0n) is 19.7. The van der Waals surface area contributed by atoms with E-state index in [1.807, 2.05) is 25.3 Å². The van der Waals surface area contributed by atoms with Gasteiger partial charge >= 0.3 is 5.97 Å². The SMILES string of the molecule is CCOC(=O)CC1CC1c1cc(C(=O)Nc2cccc(-c3nncn3C(C)C)n2)c(F)cc1C. The molecule has 1 fully saturated rings. The molecule has 2 unspecified atom stereocenters. The van der Waals surface area contributed by atoms with Gasteiger partial charge in [0.25, 0.3) is 5.91 Å². The number of halogens is 1.